The van der Waals surface area contributed by atoms with Gasteiger partial charge >= 0.3 is 5.97 Å². The molecule has 0 aromatic carbocycles. The van der Waals surface area contributed by atoms with Gasteiger partial charge in [-0.05, 0) is 51.1 Å². The van der Waals surface area contributed by atoms with Gasteiger partial charge in [0, 0.05) is 12.3 Å². The van der Waals surface area contributed by atoms with Crippen LogP contribution in [0.3, 0.4) is 0 Å². The highest BCUT2D eigenvalue weighted by Crippen LogP contribution is 2.27. The summed E-state index contributed by atoms with van der Waals surface area (Å²) in [7, 11) is 0. The van der Waals surface area contributed by atoms with E-state index in [4.69, 9.17) is 4.74 Å². The number of nitrogens with one attached hydrogen (secondary N) is 1. The van der Waals surface area contributed by atoms with Crippen molar-refractivity contribution in [1.29, 1.82) is 0 Å². The molecule has 0 saturated heterocycles. The summed E-state index contributed by atoms with van der Waals surface area (Å²) >= 11 is 0. The second-order valence-electron chi connectivity index (χ2n) is 5.13. The Bertz CT molecular complexity index is 338. The molecule has 2 atom stereocenters. The summed E-state index contributed by atoms with van der Waals surface area (Å²) in [4.78, 5) is 23.5. The van der Waals surface area contributed by atoms with Crippen LogP contribution in [0.15, 0.2) is 12.3 Å². The van der Waals surface area contributed by atoms with Crippen LogP contribution in [0.1, 0.15) is 51.4 Å². The highest BCUT2D eigenvalue weighted by Gasteiger charge is 2.28. The first-order valence-electron chi connectivity index (χ1n) is 6.90. The first kappa shape index (κ1) is 13.1. The third-order valence-corrected chi connectivity index (χ3v) is 3.64. The molecule has 1 saturated carbocycles. The number of carbonyl (C=O) groups is 2. The Hall–Kier alpha value is -1.32. The molecule has 4 heteroatoms. The molecule has 2 unspecified atom stereocenters. The molecule has 1 amide bonds. The Morgan fingerprint density at radius 1 is 1.17 bits per heavy atom. The Morgan fingerprint density at radius 2 is 2.06 bits per heavy atom. The molecule has 0 aromatic heterocycles. The van der Waals surface area contributed by atoms with Gasteiger partial charge in [0.1, 0.15) is 6.10 Å². The molecule has 4 nitrogen and oxygen atoms in total. The Labute approximate surface area is 108 Å². The van der Waals surface area contributed by atoms with E-state index >= 15 is 0 Å². The first-order chi connectivity index (χ1) is 8.75. The molecular formula is C14H21NO3. The fraction of sp³-hybridized carbons (Fsp3) is 0.714. The number of allylic oxidation sites excluding steroid dienone is 1. The van der Waals surface area contributed by atoms with E-state index < -0.39 is 0 Å². The zero-order valence-electron chi connectivity index (χ0n) is 10.7. The van der Waals surface area contributed by atoms with Gasteiger partial charge in [-0.15, -0.1) is 0 Å². The Morgan fingerprint density at radius 3 is 2.94 bits per heavy atom. The number of amides is 1. The van der Waals surface area contributed by atoms with Crippen LogP contribution in [0.4, 0.5) is 0 Å². The van der Waals surface area contributed by atoms with E-state index in [1.54, 1.807) is 6.20 Å². The van der Waals surface area contributed by atoms with Gasteiger partial charge in [-0.3, -0.25) is 9.59 Å². The lowest BCUT2D eigenvalue weighted by molar-refractivity contribution is -0.152. The van der Waals surface area contributed by atoms with E-state index in [0.29, 0.717) is 12.8 Å². The monoisotopic (exact) mass is 251 g/mol. The van der Waals surface area contributed by atoms with Crippen molar-refractivity contribution in [2.75, 3.05) is 0 Å². The van der Waals surface area contributed by atoms with E-state index in [0.717, 1.165) is 38.5 Å². The zero-order chi connectivity index (χ0) is 12.8. The van der Waals surface area contributed by atoms with Crippen molar-refractivity contribution in [2.45, 2.75) is 57.5 Å². The van der Waals surface area contributed by atoms with Crippen LogP contribution in [0.25, 0.3) is 0 Å². The van der Waals surface area contributed by atoms with Crippen LogP contribution >= 0.6 is 0 Å². The highest BCUT2D eigenvalue weighted by molar-refractivity contribution is 5.79. The highest BCUT2D eigenvalue weighted by atomic mass is 16.5. The van der Waals surface area contributed by atoms with Crippen LogP contribution in [0.5, 0.6) is 0 Å². The summed E-state index contributed by atoms with van der Waals surface area (Å²) in [6, 6.07) is 0. The van der Waals surface area contributed by atoms with Crippen molar-refractivity contribution in [2.24, 2.45) is 5.92 Å². The van der Waals surface area contributed by atoms with Crippen LogP contribution in [-0.4, -0.2) is 18.0 Å². The van der Waals surface area contributed by atoms with Crippen LogP contribution in [0.2, 0.25) is 0 Å². The molecule has 0 spiro atoms. The molecule has 18 heavy (non-hydrogen) atoms. The number of rotatable bonds is 0. The SMILES string of the molecule is O=C1CCCC/C=C\NC(=O)C2CCCC(C2)O1. The predicted molar refractivity (Wildman–Crippen MR) is 67.6 cm³/mol. The van der Waals surface area contributed by atoms with Gasteiger partial charge in [-0.25, -0.2) is 0 Å². The molecule has 2 aliphatic rings. The molecule has 1 aliphatic carbocycles. The minimum atomic E-state index is -0.107. The van der Waals surface area contributed by atoms with E-state index in [1.165, 1.54) is 0 Å². The lowest BCUT2D eigenvalue weighted by atomic mass is 9.86. The maximum absolute atomic E-state index is 11.9. The minimum Gasteiger partial charge on any atom is -0.462 e. The number of fused-ring (bicyclic) bond motifs is 2. The standard InChI is InChI=1S/C14H21NO3/c16-13-8-3-1-2-4-9-15-14(17)11-6-5-7-12(10-11)18-13/h4,9,11-12H,1-3,5-8,10H2,(H,15,17)/b9-4-. The van der Waals surface area contributed by atoms with Crippen LogP contribution in [0, 0.1) is 5.92 Å². The summed E-state index contributed by atoms with van der Waals surface area (Å²) in [6.07, 6.45) is 10.3. The smallest absolute Gasteiger partial charge is 0.306 e. The molecule has 0 radical (unpaired) electrons. The minimum absolute atomic E-state index is 0.0121. The van der Waals surface area contributed by atoms with Crippen LogP contribution < -0.4 is 5.32 Å². The number of esters is 1. The van der Waals surface area contributed by atoms with Gasteiger partial charge in [0.2, 0.25) is 5.91 Å². The molecule has 2 bridgehead atoms. The summed E-state index contributed by atoms with van der Waals surface area (Å²) in [5.41, 5.74) is 0. The van der Waals surface area contributed by atoms with Gasteiger partial charge in [-0.1, -0.05) is 6.08 Å². The van der Waals surface area contributed by atoms with E-state index in [9.17, 15) is 9.59 Å². The molecule has 1 heterocycles. The molecule has 100 valence electrons. The largest absolute Gasteiger partial charge is 0.462 e. The average Bonchev–Trinajstić information content (AvgIpc) is 2.37. The van der Waals surface area contributed by atoms with Crippen molar-refractivity contribution in [3.63, 3.8) is 0 Å². The lowest BCUT2D eigenvalue weighted by Crippen LogP contribution is -2.34. The van der Waals surface area contributed by atoms with Crippen LogP contribution in [-0.2, 0) is 14.3 Å². The number of carbonyl (C=O) groups excluding carboxylic acids is 2. The fourth-order valence-corrected chi connectivity index (χ4v) is 2.61. The zero-order valence-corrected chi connectivity index (χ0v) is 10.7. The molecule has 1 N–H and O–H groups in total. The molecule has 0 aromatic rings. The number of hydrogen-bond acceptors (Lipinski definition) is 3. The first-order valence-corrected chi connectivity index (χ1v) is 6.90. The van der Waals surface area contributed by atoms with Crippen molar-refractivity contribution in [3.8, 4) is 0 Å². The molecule has 1 fully saturated rings. The Balaban J connectivity index is 1.99. The maximum Gasteiger partial charge on any atom is 0.306 e. The second kappa shape index (κ2) is 6.57. The third-order valence-electron chi connectivity index (χ3n) is 3.64. The number of ether oxygens (including phenoxy) is 1. The van der Waals surface area contributed by atoms with Crippen molar-refractivity contribution < 1.29 is 14.3 Å². The predicted octanol–water partition coefficient (Wildman–Crippen LogP) is 2.29. The van der Waals surface area contributed by atoms with Gasteiger partial charge in [0.25, 0.3) is 0 Å². The van der Waals surface area contributed by atoms with Gasteiger partial charge in [-0.2, -0.15) is 0 Å². The van der Waals surface area contributed by atoms with E-state index in [-0.39, 0.29) is 23.9 Å². The summed E-state index contributed by atoms with van der Waals surface area (Å²) in [5, 5.41) is 2.83. The molecule has 1 aliphatic heterocycles. The Kier molecular flexibility index (Phi) is 4.79. The normalized spacial score (nSPS) is 32.2. The summed E-state index contributed by atoms with van der Waals surface area (Å²) < 4.78 is 5.44. The van der Waals surface area contributed by atoms with Gasteiger partial charge in [0.05, 0.1) is 0 Å². The fourth-order valence-electron chi connectivity index (χ4n) is 2.61. The average molecular weight is 251 g/mol. The quantitative estimate of drug-likeness (QED) is 0.672. The summed E-state index contributed by atoms with van der Waals surface area (Å²) in [6.45, 7) is 0. The van der Waals surface area contributed by atoms with Gasteiger partial charge < -0.3 is 10.1 Å². The molecular weight excluding hydrogens is 230 g/mol. The summed E-state index contributed by atoms with van der Waals surface area (Å²) in [5.74, 6) is -0.0579. The van der Waals surface area contributed by atoms with E-state index in [2.05, 4.69) is 5.32 Å². The maximum atomic E-state index is 11.9. The third kappa shape index (κ3) is 3.86. The van der Waals surface area contributed by atoms with E-state index in [1.807, 2.05) is 6.08 Å². The topological polar surface area (TPSA) is 55.4 Å². The second-order valence-corrected chi connectivity index (χ2v) is 5.13. The van der Waals surface area contributed by atoms with Gasteiger partial charge in [0.15, 0.2) is 0 Å². The number of hydrogen-bond donors (Lipinski definition) is 1. The van der Waals surface area contributed by atoms with Crippen molar-refractivity contribution >= 4 is 11.9 Å². The van der Waals surface area contributed by atoms with Crippen molar-refractivity contribution in [1.82, 2.24) is 5.32 Å². The lowest BCUT2D eigenvalue weighted by Gasteiger charge is -2.27. The van der Waals surface area contributed by atoms with Crippen molar-refractivity contribution in [3.05, 3.63) is 12.3 Å². The molecule has 2 rings (SSSR count).